The molecule has 3 heterocycles. The Bertz CT molecular complexity index is 1150. The van der Waals surface area contributed by atoms with Crippen LogP contribution in [-0.4, -0.2) is 57.6 Å². The fourth-order valence-corrected chi connectivity index (χ4v) is 5.67. The highest BCUT2D eigenvalue weighted by Gasteiger charge is 2.37. The maximum atomic E-state index is 13.6. The highest BCUT2D eigenvalue weighted by atomic mass is 32.2. The Morgan fingerprint density at radius 2 is 2.06 bits per heavy atom. The number of hydrogen-bond acceptors (Lipinski definition) is 7. The minimum absolute atomic E-state index is 0.203. The van der Waals surface area contributed by atoms with E-state index in [1.807, 2.05) is 38.1 Å². The van der Waals surface area contributed by atoms with Crippen molar-refractivity contribution >= 4 is 10.0 Å². The third kappa shape index (κ3) is 4.31. The van der Waals surface area contributed by atoms with E-state index < -0.39 is 10.0 Å². The lowest BCUT2D eigenvalue weighted by molar-refractivity contribution is 0.321. The predicted octanol–water partition coefficient (Wildman–Crippen LogP) is 2.72. The first-order valence-electron chi connectivity index (χ1n) is 10.3. The Morgan fingerprint density at radius 3 is 2.77 bits per heavy atom. The quantitative estimate of drug-likeness (QED) is 0.554. The van der Waals surface area contributed by atoms with Gasteiger partial charge in [-0.3, -0.25) is 4.98 Å². The lowest BCUT2D eigenvalue weighted by atomic mass is 10.0. The van der Waals surface area contributed by atoms with Gasteiger partial charge in [-0.25, -0.2) is 8.42 Å². The van der Waals surface area contributed by atoms with E-state index >= 15 is 0 Å². The summed E-state index contributed by atoms with van der Waals surface area (Å²) in [6.45, 7) is 4.84. The zero-order valence-electron chi connectivity index (χ0n) is 17.8. The van der Waals surface area contributed by atoms with Gasteiger partial charge in [0.25, 0.3) is 0 Å². The molecule has 9 nitrogen and oxygen atoms in total. The summed E-state index contributed by atoms with van der Waals surface area (Å²) in [7, 11) is -2.26. The number of benzene rings is 1. The summed E-state index contributed by atoms with van der Waals surface area (Å²) in [6.07, 6.45) is 3.17. The standard InChI is InChI=1S/C21H26N6O3S/c1-15(2)16-9-10-19(30-3)20(13-16)31(28,29)26-12-6-7-17(26)14-27-24-21(23-25-27)18-8-4-5-11-22-18/h4-5,8-11,13,15,17H,6-7,12,14H2,1-3H3/t17-/m0/s1. The summed E-state index contributed by atoms with van der Waals surface area (Å²) in [4.78, 5) is 5.88. The van der Waals surface area contributed by atoms with Crippen molar-refractivity contribution in [2.75, 3.05) is 13.7 Å². The number of aromatic nitrogens is 5. The van der Waals surface area contributed by atoms with Crippen molar-refractivity contribution in [3.8, 4) is 17.3 Å². The molecule has 0 amide bonds. The number of ether oxygens (including phenoxy) is 1. The largest absolute Gasteiger partial charge is 0.495 e. The molecule has 0 bridgehead atoms. The Balaban J connectivity index is 1.60. The predicted molar refractivity (Wildman–Crippen MR) is 115 cm³/mol. The van der Waals surface area contributed by atoms with Crippen LogP contribution in [0.3, 0.4) is 0 Å². The number of rotatable bonds is 7. The average molecular weight is 443 g/mol. The highest BCUT2D eigenvalue weighted by molar-refractivity contribution is 7.89. The van der Waals surface area contributed by atoms with Crippen molar-refractivity contribution in [3.05, 3.63) is 48.2 Å². The van der Waals surface area contributed by atoms with Gasteiger partial charge in [0, 0.05) is 18.8 Å². The van der Waals surface area contributed by atoms with Crippen LogP contribution in [-0.2, 0) is 16.6 Å². The molecule has 3 aromatic rings. The third-order valence-corrected chi connectivity index (χ3v) is 7.46. The molecule has 1 saturated heterocycles. The number of hydrogen-bond donors (Lipinski definition) is 0. The van der Waals surface area contributed by atoms with Crippen LogP contribution < -0.4 is 4.74 Å². The van der Waals surface area contributed by atoms with Crippen molar-refractivity contribution in [1.29, 1.82) is 0 Å². The van der Waals surface area contributed by atoms with Crippen molar-refractivity contribution in [1.82, 2.24) is 29.5 Å². The molecule has 0 radical (unpaired) electrons. The second kappa shape index (κ2) is 8.72. The van der Waals surface area contributed by atoms with Gasteiger partial charge in [0.2, 0.25) is 15.8 Å². The van der Waals surface area contributed by atoms with Crippen LogP contribution >= 0.6 is 0 Å². The lowest BCUT2D eigenvalue weighted by Crippen LogP contribution is -2.38. The van der Waals surface area contributed by atoms with Crippen molar-refractivity contribution in [2.45, 2.75) is 50.1 Å². The monoisotopic (exact) mass is 442 g/mol. The first-order valence-corrected chi connectivity index (χ1v) is 11.7. The van der Waals surface area contributed by atoms with Crippen LogP contribution in [0.4, 0.5) is 0 Å². The van der Waals surface area contributed by atoms with Crippen molar-refractivity contribution in [2.24, 2.45) is 0 Å². The molecule has 0 spiro atoms. The van der Waals surface area contributed by atoms with Gasteiger partial charge in [-0.15, -0.1) is 10.2 Å². The summed E-state index contributed by atoms with van der Waals surface area (Å²) >= 11 is 0. The minimum Gasteiger partial charge on any atom is -0.495 e. The minimum atomic E-state index is -3.75. The summed E-state index contributed by atoms with van der Waals surface area (Å²) in [6, 6.07) is 10.6. The fraction of sp³-hybridized carbons (Fsp3) is 0.429. The Labute approximate surface area is 182 Å². The van der Waals surface area contributed by atoms with Gasteiger partial charge in [0.1, 0.15) is 16.3 Å². The lowest BCUT2D eigenvalue weighted by Gasteiger charge is -2.25. The summed E-state index contributed by atoms with van der Waals surface area (Å²) in [5.74, 6) is 0.976. The Hall–Kier alpha value is -2.85. The second-order valence-corrected chi connectivity index (χ2v) is 9.72. The average Bonchev–Trinajstić information content (AvgIpc) is 3.44. The first kappa shape index (κ1) is 21.4. The van der Waals surface area contributed by atoms with Crippen molar-refractivity contribution in [3.63, 3.8) is 0 Å². The van der Waals surface area contributed by atoms with Crippen LogP contribution in [0.15, 0.2) is 47.5 Å². The van der Waals surface area contributed by atoms with Crippen molar-refractivity contribution < 1.29 is 13.2 Å². The van der Waals surface area contributed by atoms with Gasteiger partial charge in [0.05, 0.1) is 13.7 Å². The molecule has 0 unspecified atom stereocenters. The van der Waals surface area contributed by atoms with E-state index in [1.54, 1.807) is 22.6 Å². The van der Waals surface area contributed by atoms with Gasteiger partial charge < -0.3 is 4.74 Å². The zero-order valence-corrected chi connectivity index (χ0v) is 18.7. The number of sulfonamides is 1. The molecule has 1 aromatic carbocycles. The van der Waals surface area contributed by atoms with Crippen LogP contribution in [0.5, 0.6) is 5.75 Å². The van der Waals surface area contributed by atoms with E-state index in [-0.39, 0.29) is 16.9 Å². The summed E-state index contributed by atoms with van der Waals surface area (Å²) in [5.41, 5.74) is 1.58. The molecule has 1 aliphatic heterocycles. The first-order chi connectivity index (χ1) is 14.9. The van der Waals surface area contributed by atoms with Gasteiger partial charge in [0.15, 0.2) is 0 Å². The number of nitrogens with zero attached hydrogens (tertiary/aromatic N) is 6. The molecule has 0 N–H and O–H groups in total. The normalized spacial score (nSPS) is 17.4. The molecule has 1 atom stereocenters. The number of tetrazole rings is 1. The number of methoxy groups -OCH3 is 1. The molecule has 4 rings (SSSR count). The highest BCUT2D eigenvalue weighted by Crippen LogP contribution is 2.34. The number of pyridine rings is 1. The van der Waals surface area contributed by atoms with E-state index in [4.69, 9.17) is 4.74 Å². The van der Waals surface area contributed by atoms with Crippen LogP contribution in [0.2, 0.25) is 0 Å². The van der Waals surface area contributed by atoms with Gasteiger partial charge >= 0.3 is 0 Å². The van der Waals surface area contributed by atoms with Gasteiger partial charge in [-0.2, -0.15) is 9.10 Å². The van der Waals surface area contributed by atoms with E-state index in [2.05, 4.69) is 20.4 Å². The molecule has 10 heteroatoms. The molecule has 1 fully saturated rings. The van der Waals surface area contributed by atoms with E-state index in [1.165, 1.54) is 11.9 Å². The summed E-state index contributed by atoms with van der Waals surface area (Å²) < 4.78 is 34.1. The molecule has 31 heavy (non-hydrogen) atoms. The second-order valence-electron chi connectivity index (χ2n) is 7.86. The van der Waals surface area contributed by atoms with Gasteiger partial charge in [-0.1, -0.05) is 26.0 Å². The molecular formula is C21H26N6O3S. The smallest absolute Gasteiger partial charge is 0.247 e. The molecule has 164 valence electrons. The Kier molecular flexibility index (Phi) is 6.01. The zero-order chi connectivity index (χ0) is 22.0. The molecule has 0 saturated carbocycles. The van der Waals surface area contributed by atoms with Crippen LogP contribution in [0.1, 0.15) is 38.2 Å². The molecule has 0 aliphatic carbocycles. The van der Waals surface area contributed by atoms with E-state index in [9.17, 15) is 8.42 Å². The summed E-state index contributed by atoms with van der Waals surface area (Å²) in [5, 5.41) is 12.6. The Morgan fingerprint density at radius 1 is 1.23 bits per heavy atom. The van der Waals surface area contributed by atoms with E-state index in [0.29, 0.717) is 30.4 Å². The molecule has 2 aromatic heterocycles. The maximum absolute atomic E-state index is 13.6. The SMILES string of the molecule is COc1ccc(C(C)C)cc1S(=O)(=O)N1CCC[C@H]1Cn1nnc(-c2ccccn2)n1. The maximum Gasteiger partial charge on any atom is 0.247 e. The third-order valence-electron chi connectivity index (χ3n) is 5.48. The van der Waals surface area contributed by atoms with Gasteiger partial charge in [-0.05, 0) is 53.8 Å². The molecule has 1 aliphatic rings. The van der Waals surface area contributed by atoms with Crippen LogP contribution in [0, 0.1) is 0 Å². The van der Waals surface area contributed by atoms with E-state index in [0.717, 1.165) is 18.4 Å². The van der Waals surface area contributed by atoms with Crippen LogP contribution in [0.25, 0.3) is 11.5 Å². The molecular weight excluding hydrogens is 416 g/mol. The topological polar surface area (TPSA) is 103 Å². The fourth-order valence-electron chi connectivity index (χ4n) is 3.80.